The Labute approximate surface area is 230 Å². The highest BCUT2D eigenvalue weighted by molar-refractivity contribution is 5.79. The van der Waals surface area contributed by atoms with Gasteiger partial charge in [0.1, 0.15) is 0 Å². The molecule has 0 unspecified atom stereocenters. The topological polar surface area (TPSA) is 114 Å². The van der Waals surface area contributed by atoms with Crippen LogP contribution in [0.1, 0.15) is 49.8 Å². The number of aliphatic hydroxyl groups is 1. The fraction of sp³-hybridized carbons (Fsp3) is 0.586. The number of amides is 1. The Kier molecular flexibility index (Phi) is 9.74. The minimum absolute atomic E-state index is 0.0218. The van der Waals surface area contributed by atoms with Crippen LogP contribution < -0.4 is 14.2 Å². The lowest BCUT2D eigenvalue weighted by Gasteiger charge is -2.29. The van der Waals surface area contributed by atoms with E-state index in [9.17, 15) is 19.8 Å². The van der Waals surface area contributed by atoms with Crippen LogP contribution >= 0.6 is 0 Å². The zero-order valence-electron chi connectivity index (χ0n) is 23.2. The fourth-order valence-electron chi connectivity index (χ4n) is 5.85. The predicted molar refractivity (Wildman–Crippen MR) is 145 cm³/mol. The Morgan fingerprint density at radius 1 is 1.21 bits per heavy atom. The lowest BCUT2D eigenvalue weighted by atomic mass is 9.83. The van der Waals surface area contributed by atoms with Gasteiger partial charge in [0.2, 0.25) is 18.4 Å². The molecule has 3 heterocycles. The molecule has 10 nitrogen and oxygen atoms in total. The molecule has 0 spiro atoms. The molecule has 1 amide bonds. The molecule has 1 fully saturated rings. The molecule has 214 valence electrons. The van der Waals surface area contributed by atoms with Crippen LogP contribution in [0.5, 0.6) is 17.2 Å². The zero-order valence-corrected chi connectivity index (χ0v) is 23.2. The monoisotopic (exact) mass is 543 g/mol. The third-order valence-electron chi connectivity index (χ3n) is 7.95. The van der Waals surface area contributed by atoms with E-state index in [0.717, 1.165) is 24.1 Å². The number of rotatable bonds is 14. The van der Waals surface area contributed by atoms with E-state index < -0.39 is 11.9 Å². The van der Waals surface area contributed by atoms with Gasteiger partial charge in [0.25, 0.3) is 0 Å². The van der Waals surface area contributed by atoms with Crippen LogP contribution in [0.25, 0.3) is 0 Å². The molecule has 3 atom stereocenters. The van der Waals surface area contributed by atoms with E-state index in [0.29, 0.717) is 56.1 Å². The molecule has 2 N–H and O–H groups in total. The van der Waals surface area contributed by atoms with Crippen LogP contribution in [0.4, 0.5) is 0 Å². The third-order valence-corrected chi connectivity index (χ3v) is 7.95. The van der Waals surface area contributed by atoms with Crippen molar-refractivity contribution in [3.8, 4) is 17.2 Å². The highest BCUT2D eigenvalue weighted by Crippen LogP contribution is 2.47. The minimum Gasteiger partial charge on any atom is -0.493 e. The average molecular weight is 544 g/mol. The van der Waals surface area contributed by atoms with Gasteiger partial charge in [-0.3, -0.25) is 14.5 Å². The number of aliphatic carboxylic acids is 1. The first-order chi connectivity index (χ1) is 18.9. The Hall–Kier alpha value is -3.24. The number of aryl methyl sites for hydroxylation is 2. The largest absolute Gasteiger partial charge is 0.493 e. The van der Waals surface area contributed by atoms with Crippen molar-refractivity contribution in [1.82, 2.24) is 14.4 Å². The van der Waals surface area contributed by atoms with Crippen LogP contribution in [0.15, 0.2) is 30.5 Å². The molecule has 39 heavy (non-hydrogen) atoms. The normalized spacial score (nSPS) is 20.4. The number of aromatic nitrogens is 1. The summed E-state index contributed by atoms with van der Waals surface area (Å²) in [7, 11) is 3.53. The Morgan fingerprint density at radius 2 is 2.00 bits per heavy atom. The van der Waals surface area contributed by atoms with E-state index in [1.165, 1.54) is 0 Å². The van der Waals surface area contributed by atoms with Crippen molar-refractivity contribution < 1.29 is 34.0 Å². The molecule has 1 aromatic heterocycles. The predicted octanol–water partition coefficient (Wildman–Crippen LogP) is 2.87. The lowest BCUT2D eigenvalue weighted by molar-refractivity contribution is -0.143. The number of benzene rings is 1. The minimum atomic E-state index is -0.883. The van der Waals surface area contributed by atoms with Gasteiger partial charge in [-0.2, -0.15) is 0 Å². The third kappa shape index (κ3) is 6.50. The second-order valence-corrected chi connectivity index (χ2v) is 10.4. The summed E-state index contributed by atoms with van der Waals surface area (Å²) in [5, 5.41) is 19.9. The van der Waals surface area contributed by atoms with Crippen molar-refractivity contribution in [2.45, 2.75) is 51.0 Å². The molecule has 2 aromatic rings. The number of unbranched alkanes of at least 4 members (excludes halogenated alkanes) is 1. The molecule has 10 heteroatoms. The molecule has 2 aliphatic heterocycles. The molecular formula is C29H41N3O7. The van der Waals surface area contributed by atoms with E-state index in [2.05, 4.69) is 6.92 Å². The van der Waals surface area contributed by atoms with Crippen LogP contribution in [0.2, 0.25) is 0 Å². The maximum Gasteiger partial charge on any atom is 0.308 e. The summed E-state index contributed by atoms with van der Waals surface area (Å²) in [6.07, 6.45) is 5.64. The first-order valence-corrected chi connectivity index (χ1v) is 13.8. The SMILES string of the molecule is CCCCN(CCCO)C(=O)CN1C[C@H](c2cc(OC)c3c(c2)OCO3)[C@@H](C(=O)O)[C@@H]1CCc1cccn1C. The van der Waals surface area contributed by atoms with Crippen LogP contribution in [0, 0.1) is 5.92 Å². The summed E-state index contributed by atoms with van der Waals surface area (Å²) >= 11 is 0. The van der Waals surface area contributed by atoms with Crippen LogP contribution in [-0.2, 0) is 23.1 Å². The first-order valence-electron chi connectivity index (χ1n) is 13.8. The van der Waals surface area contributed by atoms with E-state index in [-0.39, 0.29) is 37.8 Å². The van der Waals surface area contributed by atoms with Gasteiger partial charge in [-0.15, -0.1) is 0 Å². The number of hydrogen-bond donors (Lipinski definition) is 2. The number of fused-ring (bicyclic) bond motifs is 1. The van der Waals surface area contributed by atoms with Crippen LogP contribution in [0.3, 0.4) is 0 Å². The average Bonchev–Trinajstić information content (AvgIpc) is 3.65. The van der Waals surface area contributed by atoms with Gasteiger partial charge in [-0.1, -0.05) is 13.3 Å². The van der Waals surface area contributed by atoms with Crippen molar-refractivity contribution in [3.05, 3.63) is 41.7 Å². The number of carbonyl (C=O) groups excluding carboxylic acids is 1. The molecule has 1 saturated heterocycles. The lowest BCUT2D eigenvalue weighted by Crippen LogP contribution is -2.45. The van der Waals surface area contributed by atoms with E-state index in [1.807, 2.05) is 47.0 Å². The van der Waals surface area contributed by atoms with Gasteiger partial charge in [0.05, 0.1) is 19.6 Å². The molecule has 2 aliphatic rings. The Bertz CT molecular complexity index is 1130. The van der Waals surface area contributed by atoms with E-state index >= 15 is 0 Å². The summed E-state index contributed by atoms with van der Waals surface area (Å²) < 4.78 is 18.7. The highest BCUT2D eigenvalue weighted by Gasteiger charge is 2.47. The second kappa shape index (κ2) is 13.2. The number of carboxylic acid groups (broad SMARTS) is 1. The summed E-state index contributed by atoms with van der Waals surface area (Å²) in [5.41, 5.74) is 1.91. The Morgan fingerprint density at radius 3 is 2.67 bits per heavy atom. The van der Waals surface area contributed by atoms with Crippen molar-refractivity contribution in [2.24, 2.45) is 13.0 Å². The van der Waals surface area contributed by atoms with Gasteiger partial charge < -0.3 is 33.9 Å². The number of hydrogen-bond acceptors (Lipinski definition) is 7. The van der Waals surface area contributed by atoms with Gasteiger partial charge in [-0.25, -0.2) is 0 Å². The molecule has 0 saturated carbocycles. The van der Waals surface area contributed by atoms with Crippen LogP contribution in [-0.4, -0.2) is 89.2 Å². The number of nitrogens with zero attached hydrogens (tertiary/aromatic N) is 3. The summed E-state index contributed by atoms with van der Waals surface area (Å²) in [6, 6.07) is 7.37. The Balaban J connectivity index is 1.64. The number of carbonyl (C=O) groups is 2. The van der Waals surface area contributed by atoms with Crippen molar-refractivity contribution in [1.29, 1.82) is 0 Å². The molecule has 1 aromatic carbocycles. The fourth-order valence-corrected chi connectivity index (χ4v) is 5.85. The first kappa shape index (κ1) is 28.8. The van der Waals surface area contributed by atoms with Crippen molar-refractivity contribution in [3.63, 3.8) is 0 Å². The standard InChI is InChI=1S/C29H41N3O7/c1-4-5-12-31(13-7-14-33)26(34)18-32-17-22(20-15-24(37-3)28-25(16-20)38-19-39-28)27(29(35)36)23(32)10-9-21-8-6-11-30(21)2/h6,8,11,15-16,22-23,27,33H,4-5,7,9-10,12-14,17-19H2,1-3H3,(H,35,36)/t22-,23+,27-/m1/s1. The summed E-state index contributed by atoms with van der Waals surface area (Å²) in [4.78, 5) is 30.2. The maximum atomic E-state index is 13.5. The summed E-state index contributed by atoms with van der Waals surface area (Å²) in [5.74, 6) is -0.426. The molecular weight excluding hydrogens is 502 g/mol. The van der Waals surface area contributed by atoms with Gasteiger partial charge in [-0.05, 0) is 55.5 Å². The zero-order chi connectivity index (χ0) is 27.9. The van der Waals surface area contributed by atoms with Gasteiger partial charge >= 0.3 is 5.97 Å². The van der Waals surface area contributed by atoms with Crippen molar-refractivity contribution in [2.75, 3.05) is 46.7 Å². The number of carboxylic acids is 1. The maximum absolute atomic E-state index is 13.5. The van der Waals surface area contributed by atoms with E-state index in [4.69, 9.17) is 14.2 Å². The number of ether oxygens (including phenoxy) is 3. The van der Waals surface area contributed by atoms with E-state index in [1.54, 1.807) is 12.0 Å². The number of methoxy groups -OCH3 is 1. The number of likely N-dealkylation sites (tertiary alicyclic amines) is 1. The highest BCUT2D eigenvalue weighted by atomic mass is 16.7. The molecule has 0 bridgehead atoms. The molecule has 4 rings (SSSR count). The number of aliphatic hydroxyl groups excluding tert-OH is 1. The van der Waals surface area contributed by atoms with Crippen molar-refractivity contribution >= 4 is 11.9 Å². The smallest absolute Gasteiger partial charge is 0.308 e. The molecule has 0 aliphatic carbocycles. The summed E-state index contributed by atoms with van der Waals surface area (Å²) in [6.45, 7) is 3.86. The van der Waals surface area contributed by atoms with Gasteiger partial charge in [0.15, 0.2) is 11.5 Å². The van der Waals surface area contributed by atoms with Gasteiger partial charge in [0, 0.05) is 57.1 Å². The quantitative estimate of drug-likeness (QED) is 0.374. The molecule has 0 radical (unpaired) electrons. The second-order valence-electron chi connectivity index (χ2n) is 10.4.